The fourth-order valence-corrected chi connectivity index (χ4v) is 1.89. The van der Waals surface area contributed by atoms with Gasteiger partial charge in [-0.05, 0) is 25.1 Å². The number of aromatic carboxylic acids is 1. The van der Waals surface area contributed by atoms with E-state index < -0.39 is 11.8 Å². The van der Waals surface area contributed by atoms with Crippen molar-refractivity contribution in [2.45, 2.75) is 6.92 Å². The summed E-state index contributed by atoms with van der Waals surface area (Å²) in [7, 11) is 3.64. The molecule has 1 heterocycles. The third-order valence-corrected chi connectivity index (χ3v) is 2.70. The van der Waals surface area contributed by atoms with Crippen molar-refractivity contribution >= 4 is 22.6 Å². The second-order valence-corrected chi connectivity index (χ2v) is 4.34. The lowest BCUT2D eigenvalue weighted by molar-refractivity contribution is 0.0696. The number of hydrogen-bond acceptors (Lipinski definition) is 3. The molecule has 0 radical (unpaired) electrons. The highest BCUT2D eigenvalue weighted by Crippen LogP contribution is 2.28. The van der Waals surface area contributed by atoms with Gasteiger partial charge in [-0.1, -0.05) is 0 Å². The van der Waals surface area contributed by atoms with Gasteiger partial charge in [-0.25, -0.2) is 14.2 Å². The van der Waals surface area contributed by atoms with Crippen LogP contribution in [-0.2, 0) is 0 Å². The van der Waals surface area contributed by atoms with Crippen molar-refractivity contribution in [2.24, 2.45) is 0 Å². The molecule has 0 saturated carbocycles. The maximum absolute atomic E-state index is 13.9. The Morgan fingerprint density at radius 3 is 2.56 bits per heavy atom. The fourth-order valence-electron chi connectivity index (χ4n) is 1.89. The minimum atomic E-state index is -1.15. The van der Waals surface area contributed by atoms with Crippen LogP contribution < -0.4 is 4.90 Å². The lowest BCUT2D eigenvalue weighted by Gasteiger charge is -2.16. The SMILES string of the molecule is Cc1cc(N(C)C)c2cc(C(=O)O)cc(F)c2n1. The molecule has 1 N–H and O–H groups in total. The van der Waals surface area contributed by atoms with Crippen LogP contribution in [0.3, 0.4) is 0 Å². The van der Waals surface area contributed by atoms with Gasteiger partial charge in [0.25, 0.3) is 0 Å². The van der Waals surface area contributed by atoms with Gasteiger partial charge in [0.15, 0.2) is 0 Å². The normalized spacial score (nSPS) is 10.7. The Labute approximate surface area is 104 Å². The number of carboxylic acids is 1. The van der Waals surface area contributed by atoms with Crippen LogP contribution in [0, 0.1) is 12.7 Å². The summed E-state index contributed by atoms with van der Waals surface area (Å²) in [6, 6.07) is 4.24. The van der Waals surface area contributed by atoms with E-state index in [2.05, 4.69) is 4.98 Å². The number of carboxylic acid groups (broad SMARTS) is 1. The molecule has 2 aromatic rings. The van der Waals surface area contributed by atoms with E-state index in [0.29, 0.717) is 11.1 Å². The first kappa shape index (κ1) is 12.3. The molecule has 0 atom stereocenters. The lowest BCUT2D eigenvalue weighted by atomic mass is 10.1. The first-order valence-corrected chi connectivity index (χ1v) is 5.41. The molecular formula is C13H13FN2O2. The molecule has 0 spiro atoms. The van der Waals surface area contributed by atoms with E-state index in [4.69, 9.17) is 5.11 Å². The van der Waals surface area contributed by atoms with Gasteiger partial charge in [0.2, 0.25) is 0 Å². The first-order valence-electron chi connectivity index (χ1n) is 5.41. The van der Waals surface area contributed by atoms with Crippen LogP contribution in [0.15, 0.2) is 18.2 Å². The average molecular weight is 248 g/mol. The molecule has 0 unspecified atom stereocenters. The Kier molecular flexibility index (Phi) is 2.90. The minimum Gasteiger partial charge on any atom is -0.478 e. The quantitative estimate of drug-likeness (QED) is 0.886. The fraction of sp³-hybridized carbons (Fsp3) is 0.231. The van der Waals surface area contributed by atoms with Gasteiger partial charge >= 0.3 is 5.97 Å². The Morgan fingerprint density at radius 2 is 2.00 bits per heavy atom. The van der Waals surface area contributed by atoms with E-state index >= 15 is 0 Å². The van der Waals surface area contributed by atoms with Gasteiger partial charge < -0.3 is 10.0 Å². The highest BCUT2D eigenvalue weighted by atomic mass is 19.1. The van der Waals surface area contributed by atoms with Crippen molar-refractivity contribution in [3.8, 4) is 0 Å². The van der Waals surface area contributed by atoms with E-state index in [0.717, 1.165) is 11.8 Å². The summed E-state index contributed by atoms with van der Waals surface area (Å²) in [4.78, 5) is 16.9. The van der Waals surface area contributed by atoms with Crippen LogP contribution in [0.4, 0.5) is 10.1 Å². The van der Waals surface area contributed by atoms with E-state index in [-0.39, 0.29) is 11.1 Å². The average Bonchev–Trinajstić information content (AvgIpc) is 2.28. The van der Waals surface area contributed by atoms with Crippen molar-refractivity contribution in [1.82, 2.24) is 4.98 Å². The second kappa shape index (κ2) is 4.25. The number of nitrogens with zero attached hydrogens (tertiary/aromatic N) is 2. The van der Waals surface area contributed by atoms with Gasteiger partial charge in [0.05, 0.1) is 5.56 Å². The van der Waals surface area contributed by atoms with E-state index in [1.54, 1.807) is 13.0 Å². The van der Waals surface area contributed by atoms with E-state index in [1.165, 1.54) is 6.07 Å². The highest BCUT2D eigenvalue weighted by molar-refractivity contribution is 5.98. The van der Waals surface area contributed by atoms with Crippen molar-refractivity contribution in [3.63, 3.8) is 0 Å². The number of pyridine rings is 1. The second-order valence-electron chi connectivity index (χ2n) is 4.34. The smallest absolute Gasteiger partial charge is 0.335 e. The van der Waals surface area contributed by atoms with Crippen LogP contribution in [0.1, 0.15) is 16.1 Å². The summed E-state index contributed by atoms with van der Waals surface area (Å²) < 4.78 is 13.9. The van der Waals surface area contributed by atoms with E-state index in [9.17, 15) is 9.18 Å². The number of halogens is 1. The molecule has 94 valence electrons. The maximum atomic E-state index is 13.9. The number of aryl methyl sites for hydroxylation is 1. The van der Waals surface area contributed by atoms with Crippen LogP contribution in [-0.4, -0.2) is 30.2 Å². The van der Waals surface area contributed by atoms with Crippen molar-refractivity contribution in [3.05, 3.63) is 35.3 Å². The molecule has 18 heavy (non-hydrogen) atoms. The van der Waals surface area contributed by atoms with Gasteiger partial charge in [-0.3, -0.25) is 0 Å². The van der Waals surface area contributed by atoms with Gasteiger partial charge in [0, 0.05) is 30.9 Å². The standard InChI is InChI=1S/C13H13FN2O2/c1-7-4-11(16(2)3)9-5-8(13(17)18)6-10(14)12(9)15-7/h4-6H,1-3H3,(H,17,18). The molecule has 0 aliphatic heterocycles. The molecule has 0 aliphatic carbocycles. The largest absolute Gasteiger partial charge is 0.478 e. The number of fused-ring (bicyclic) bond motifs is 1. The predicted octanol–water partition coefficient (Wildman–Crippen LogP) is 2.45. The van der Waals surface area contributed by atoms with Crippen LogP contribution in [0.2, 0.25) is 0 Å². The molecule has 2 rings (SSSR count). The molecule has 0 fully saturated rings. The minimum absolute atomic E-state index is 0.0752. The van der Waals surface area contributed by atoms with Crippen molar-refractivity contribution < 1.29 is 14.3 Å². The number of hydrogen-bond donors (Lipinski definition) is 1. The Morgan fingerprint density at radius 1 is 1.33 bits per heavy atom. The molecule has 0 bridgehead atoms. The van der Waals surface area contributed by atoms with Gasteiger partial charge in [0.1, 0.15) is 11.3 Å². The molecule has 1 aromatic carbocycles. The van der Waals surface area contributed by atoms with Gasteiger partial charge in [-0.15, -0.1) is 0 Å². The Balaban J connectivity index is 2.88. The van der Waals surface area contributed by atoms with E-state index in [1.807, 2.05) is 19.0 Å². The topological polar surface area (TPSA) is 53.4 Å². The molecule has 4 nitrogen and oxygen atoms in total. The van der Waals surface area contributed by atoms with Crippen molar-refractivity contribution in [2.75, 3.05) is 19.0 Å². The summed E-state index contributed by atoms with van der Waals surface area (Å²) in [6.07, 6.45) is 0. The zero-order chi connectivity index (χ0) is 13.4. The number of rotatable bonds is 2. The number of benzene rings is 1. The van der Waals surface area contributed by atoms with Crippen LogP contribution in [0.5, 0.6) is 0 Å². The molecule has 0 aliphatic rings. The van der Waals surface area contributed by atoms with Gasteiger partial charge in [-0.2, -0.15) is 0 Å². The summed E-state index contributed by atoms with van der Waals surface area (Å²) in [6.45, 7) is 1.77. The lowest BCUT2D eigenvalue weighted by Crippen LogP contribution is -2.11. The zero-order valence-electron chi connectivity index (χ0n) is 10.4. The Hall–Kier alpha value is -2.17. The van der Waals surface area contributed by atoms with Crippen molar-refractivity contribution in [1.29, 1.82) is 0 Å². The third-order valence-electron chi connectivity index (χ3n) is 2.70. The number of carbonyl (C=O) groups is 1. The summed E-state index contributed by atoms with van der Waals surface area (Å²) in [5, 5.41) is 9.45. The third kappa shape index (κ3) is 1.99. The molecule has 1 aromatic heterocycles. The predicted molar refractivity (Wildman–Crippen MR) is 67.7 cm³/mol. The number of aromatic nitrogens is 1. The molecule has 5 heteroatoms. The molecular weight excluding hydrogens is 235 g/mol. The highest BCUT2D eigenvalue weighted by Gasteiger charge is 2.14. The maximum Gasteiger partial charge on any atom is 0.335 e. The summed E-state index contributed by atoms with van der Waals surface area (Å²) >= 11 is 0. The van der Waals surface area contributed by atoms with Crippen LogP contribution >= 0.6 is 0 Å². The number of anilines is 1. The van der Waals surface area contributed by atoms with Crippen LogP contribution in [0.25, 0.3) is 10.9 Å². The first-order chi connectivity index (χ1) is 8.40. The summed E-state index contributed by atoms with van der Waals surface area (Å²) in [5.41, 5.74) is 1.56. The molecule has 0 amide bonds. The Bertz CT molecular complexity index is 638. The summed E-state index contributed by atoms with van der Waals surface area (Å²) in [5.74, 6) is -1.77. The zero-order valence-corrected chi connectivity index (χ0v) is 10.4. The molecule has 0 saturated heterocycles. The monoisotopic (exact) mass is 248 g/mol.